The Morgan fingerprint density at radius 2 is 1.38 bits per heavy atom. The number of hydrogen-bond donors (Lipinski definition) is 1. The van der Waals surface area contributed by atoms with Crippen LogP contribution in [0.15, 0.2) is 96.4 Å². The lowest BCUT2D eigenvalue weighted by atomic mass is 10.1. The SMILES string of the molecule is O=C(O)/C(=C/c1ccc(Oc2ccc(-c3ccccc3)cc2)cc1)c1cccs1. The predicted octanol–water partition coefficient (Wildman–Crippen LogP) is 6.83. The number of carboxylic acids is 1. The van der Waals surface area contributed by atoms with Gasteiger partial charge in [-0.25, -0.2) is 4.79 Å². The molecular weight excluding hydrogens is 380 g/mol. The summed E-state index contributed by atoms with van der Waals surface area (Å²) in [5, 5.41) is 11.3. The maximum absolute atomic E-state index is 11.6. The molecule has 4 aromatic rings. The third-order valence-electron chi connectivity index (χ3n) is 4.41. The molecule has 0 unspecified atom stereocenters. The summed E-state index contributed by atoms with van der Waals surface area (Å²) < 4.78 is 5.91. The molecule has 0 aliphatic heterocycles. The van der Waals surface area contributed by atoms with E-state index < -0.39 is 5.97 Å². The Labute approximate surface area is 173 Å². The first-order valence-electron chi connectivity index (χ1n) is 9.11. The van der Waals surface area contributed by atoms with E-state index in [-0.39, 0.29) is 5.57 Å². The van der Waals surface area contributed by atoms with Crippen molar-refractivity contribution < 1.29 is 14.6 Å². The molecule has 1 aromatic heterocycles. The Kier molecular flexibility index (Phi) is 5.54. The van der Waals surface area contributed by atoms with Gasteiger partial charge >= 0.3 is 5.97 Å². The first kappa shape index (κ1) is 18.7. The molecule has 1 heterocycles. The summed E-state index contributed by atoms with van der Waals surface area (Å²) in [6, 6.07) is 29.2. The van der Waals surface area contributed by atoms with Gasteiger partial charge < -0.3 is 9.84 Å². The van der Waals surface area contributed by atoms with Crippen molar-refractivity contribution in [2.45, 2.75) is 0 Å². The van der Waals surface area contributed by atoms with Crippen molar-refractivity contribution in [2.75, 3.05) is 0 Å². The highest BCUT2D eigenvalue weighted by molar-refractivity contribution is 7.11. The number of thiophene rings is 1. The number of rotatable bonds is 6. The van der Waals surface area contributed by atoms with Crippen LogP contribution < -0.4 is 4.74 Å². The van der Waals surface area contributed by atoms with Crippen molar-refractivity contribution in [1.82, 2.24) is 0 Å². The third-order valence-corrected chi connectivity index (χ3v) is 5.31. The number of carbonyl (C=O) groups is 1. The zero-order chi connectivity index (χ0) is 20.1. The minimum absolute atomic E-state index is 0.283. The van der Waals surface area contributed by atoms with Gasteiger partial charge in [0.15, 0.2) is 0 Å². The van der Waals surface area contributed by atoms with E-state index in [1.165, 1.54) is 11.3 Å². The van der Waals surface area contributed by atoms with Crippen LogP contribution in [-0.2, 0) is 4.79 Å². The first-order chi connectivity index (χ1) is 14.2. The highest BCUT2D eigenvalue weighted by atomic mass is 32.1. The second kappa shape index (κ2) is 8.59. The van der Waals surface area contributed by atoms with E-state index >= 15 is 0 Å². The molecule has 0 saturated carbocycles. The smallest absolute Gasteiger partial charge is 0.337 e. The number of ether oxygens (including phenoxy) is 1. The lowest BCUT2D eigenvalue weighted by Crippen LogP contribution is -1.97. The normalized spacial score (nSPS) is 11.2. The summed E-state index contributed by atoms with van der Waals surface area (Å²) in [5.74, 6) is 0.506. The summed E-state index contributed by atoms with van der Waals surface area (Å²) in [6.07, 6.45) is 1.67. The Morgan fingerprint density at radius 1 is 0.759 bits per heavy atom. The highest BCUT2D eigenvalue weighted by Crippen LogP contribution is 2.27. The molecule has 0 spiro atoms. The van der Waals surface area contributed by atoms with Gasteiger partial charge in [0.25, 0.3) is 0 Å². The summed E-state index contributed by atoms with van der Waals surface area (Å²) in [4.78, 5) is 12.3. The van der Waals surface area contributed by atoms with Crippen LogP contribution in [0.3, 0.4) is 0 Å². The summed E-state index contributed by atoms with van der Waals surface area (Å²) in [5.41, 5.74) is 3.39. The molecular formula is C25H18O3S. The fraction of sp³-hybridized carbons (Fsp3) is 0. The van der Waals surface area contributed by atoms with Gasteiger partial charge in [-0.05, 0) is 58.5 Å². The van der Waals surface area contributed by atoms with Crippen molar-refractivity contribution in [2.24, 2.45) is 0 Å². The average molecular weight is 398 g/mol. The number of benzene rings is 3. The first-order valence-corrected chi connectivity index (χ1v) is 9.99. The summed E-state index contributed by atoms with van der Waals surface area (Å²) in [6.45, 7) is 0. The average Bonchev–Trinajstić information content (AvgIpc) is 3.28. The topological polar surface area (TPSA) is 46.5 Å². The minimum Gasteiger partial charge on any atom is -0.478 e. The van der Waals surface area contributed by atoms with Gasteiger partial charge in [0.2, 0.25) is 0 Å². The molecule has 3 aromatic carbocycles. The Bertz CT molecular complexity index is 1110. The van der Waals surface area contributed by atoms with Crippen molar-refractivity contribution in [3.8, 4) is 22.6 Å². The second-order valence-electron chi connectivity index (χ2n) is 6.40. The van der Waals surface area contributed by atoms with Crippen LogP contribution in [-0.4, -0.2) is 11.1 Å². The van der Waals surface area contributed by atoms with Gasteiger partial charge in [-0.1, -0.05) is 60.7 Å². The molecule has 142 valence electrons. The largest absolute Gasteiger partial charge is 0.478 e. The molecule has 3 nitrogen and oxygen atoms in total. The number of carboxylic acid groups (broad SMARTS) is 1. The van der Waals surface area contributed by atoms with Crippen LogP contribution in [0.25, 0.3) is 22.8 Å². The second-order valence-corrected chi connectivity index (χ2v) is 7.35. The molecule has 0 fully saturated rings. The Morgan fingerprint density at radius 3 is 1.97 bits per heavy atom. The lowest BCUT2D eigenvalue weighted by Gasteiger charge is -2.08. The van der Waals surface area contributed by atoms with Crippen molar-refractivity contribution >= 4 is 29.0 Å². The van der Waals surface area contributed by atoms with Crippen LogP contribution >= 0.6 is 11.3 Å². The van der Waals surface area contributed by atoms with Gasteiger partial charge in [-0.15, -0.1) is 11.3 Å². The zero-order valence-corrected chi connectivity index (χ0v) is 16.3. The molecule has 4 rings (SSSR count). The molecule has 0 atom stereocenters. The van der Waals surface area contributed by atoms with Crippen molar-refractivity contribution in [3.05, 3.63) is 107 Å². The van der Waals surface area contributed by atoms with Crippen LogP contribution in [0.1, 0.15) is 10.4 Å². The Hall–Kier alpha value is -3.63. The van der Waals surface area contributed by atoms with E-state index in [0.29, 0.717) is 5.75 Å². The summed E-state index contributed by atoms with van der Waals surface area (Å²) >= 11 is 1.41. The molecule has 0 saturated heterocycles. The van der Waals surface area contributed by atoms with Crippen LogP contribution in [0.2, 0.25) is 0 Å². The molecule has 1 N–H and O–H groups in total. The van der Waals surface area contributed by atoms with E-state index in [2.05, 4.69) is 12.1 Å². The summed E-state index contributed by atoms with van der Waals surface area (Å²) in [7, 11) is 0. The molecule has 0 bridgehead atoms. The monoisotopic (exact) mass is 398 g/mol. The fourth-order valence-corrected chi connectivity index (χ4v) is 3.69. The van der Waals surface area contributed by atoms with Gasteiger partial charge in [-0.2, -0.15) is 0 Å². The van der Waals surface area contributed by atoms with Gasteiger partial charge in [-0.3, -0.25) is 0 Å². The van der Waals surface area contributed by atoms with Gasteiger partial charge in [0.05, 0.1) is 5.57 Å². The van der Waals surface area contributed by atoms with Crippen LogP contribution in [0.4, 0.5) is 0 Å². The van der Waals surface area contributed by atoms with Crippen molar-refractivity contribution in [1.29, 1.82) is 0 Å². The van der Waals surface area contributed by atoms with E-state index in [9.17, 15) is 9.90 Å². The highest BCUT2D eigenvalue weighted by Gasteiger charge is 2.11. The minimum atomic E-state index is -0.939. The van der Waals surface area contributed by atoms with E-state index in [1.807, 2.05) is 78.2 Å². The molecule has 0 aliphatic carbocycles. The van der Waals surface area contributed by atoms with E-state index in [4.69, 9.17) is 4.74 Å². The Balaban J connectivity index is 1.48. The molecule has 29 heavy (non-hydrogen) atoms. The number of hydrogen-bond acceptors (Lipinski definition) is 3. The van der Waals surface area contributed by atoms with Gasteiger partial charge in [0.1, 0.15) is 11.5 Å². The maximum Gasteiger partial charge on any atom is 0.337 e. The third kappa shape index (κ3) is 4.62. The molecule has 0 amide bonds. The van der Waals surface area contributed by atoms with E-state index in [0.717, 1.165) is 27.3 Å². The molecule has 0 radical (unpaired) electrons. The fourth-order valence-electron chi connectivity index (χ4n) is 2.95. The van der Waals surface area contributed by atoms with E-state index in [1.54, 1.807) is 12.1 Å². The standard InChI is InChI=1S/C25H18O3S/c26-25(27)23(24-7-4-16-29-24)17-18-8-12-21(13-9-18)28-22-14-10-20(11-15-22)19-5-2-1-3-6-19/h1-17H,(H,26,27)/b23-17+. The zero-order valence-electron chi connectivity index (χ0n) is 15.5. The quantitative estimate of drug-likeness (QED) is 0.362. The number of aliphatic carboxylic acids is 1. The lowest BCUT2D eigenvalue weighted by molar-refractivity contribution is -0.130. The maximum atomic E-state index is 11.6. The molecule has 0 aliphatic rings. The van der Waals surface area contributed by atoms with Crippen LogP contribution in [0.5, 0.6) is 11.5 Å². The predicted molar refractivity (Wildman–Crippen MR) is 118 cm³/mol. The molecule has 4 heteroatoms. The van der Waals surface area contributed by atoms with Crippen molar-refractivity contribution in [3.63, 3.8) is 0 Å². The van der Waals surface area contributed by atoms with Crippen LogP contribution in [0, 0.1) is 0 Å². The van der Waals surface area contributed by atoms with Gasteiger partial charge in [0, 0.05) is 4.88 Å².